The van der Waals surface area contributed by atoms with Crippen molar-refractivity contribution in [2.24, 2.45) is 29.1 Å². The zero-order valence-electron chi connectivity index (χ0n) is 36.4. The van der Waals surface area contributed by atoms with Crippen molar-refractivity contribution in [3.63, 3.8) is 0 Å². The molecule has 3 saturated heterocycles. The Labute approximate surface area is 344 Å². The molecule has 3 fully saturated rings. The number of hydrogen-bond acceptors (Lipinski definition) is 13. The van der Waals surface area contributed by atoms with Gasteiger partial charge < -0.3 is 42.6 Å². The van der Waals surface area contributed by atoms with Gasteiger partial charge in [-0.05, 0) is 54.9 Å². The molecule has 0 radical (unpaired) electrons. The molecule has 0 bridgehead atoms. The maximum absolute atomic E-state index is 12.8. The molecule has 13 atom stereocenters. The van der Waals surface area contributed by atoms with E-state index in [1.807, 2.05) is 27.7 Å². The van der Waals surface area contributed by atoms with Crippen LogP contribution >= 0.6 is 0 Å². The summed E-state index contributed by atoms with van der Waals surface area (Å²) in [6.07, 6.45) is -4.89. The predicted octanol–water partition coefficient (Wildman–Crippen LogP) is 7.50. The first kappa shape index (κ1) is 47.1. The molecule has 0 aromatic heterocycles. The van der Waals surface area contributed by atoms with Crippen LogP contribution in [0.25, 0.3) is 10.8 Å². The molecule has 2 aromatic carbocycles. The maximum Gasteiger partial charge on any atom is 0.313 e. The standard InChI is InChI=1S/C31H50O13.C14H16/c1-11-31(9,10)30(35)44-29-26(41-21(8)34)18(5)23(14-38-29)43-28-25(40-20(7)33)17(4)22(13-37-28)42-27-24(39-19(6)32)16(3)15(2)12-36-27;1-3-11(2)13-10-6-8-12-7-4-5-9-14(12)13/h15-18,22-29H,11-14H2,1-10H3;4-11H,3H2,1-2H3. The minimum Gasteiger partial charge on any atom is -0.457 e. The highest BCUT2D eigenvalue weighted by atomic mass is 16.8. The summed E-state index contributed by atoms with van der Waals surface area (Å²) in [7, 11) is 0. The molecule has 0 spiro atoms. The minimum absolute atomic E-state index is 0.000441. The molecule has 3 heterocycles. The normalized spacial score (nSPS) is 31.9. The van der Waals surface area contributed by atoms with E-state index in [2.05, 4.69) is 56.3 Å². The Bertz CT molecular complexity index is 1670. The van der Waals surface area contributed by atoms with Crippen molar-refractivity contribution in [3.8, 4) is 0 Å². The van der Waals surface area contributed by atoms with Crippen LogP contribution in [-0.2, 0) is 61.8 Å². The van der Waals surface area contributed by atoms with Gasteiger partial charge >= 0.3 is 23.9 Å². The number of esters is 4. The highest BCUT2D eigenvalue weighted by Crippen LogP contribution is 2.36. The van der Waals surface area contributed by atoms with Crippen LogP contribution in [0.5, 0.6) is 0 Å². The van der Waals surface area contributed by atoms with Crippen molar-refractivity contribution in [2.75, 3.05) is 19.8 Å². The first-order valence-corrected chi connectivity index (χ1v) is 20.7. The molecule has 13 heteroatoms. The number of benzene rings is 2. The van der Waals surface area contributed by atoms with Gasteiger partial charge in [0.1, 0.15) is 0 Å². The quantitative estimate of drug-likeness (QED) is 0.154. The van der Waals surface area contributed by atoms with Gasteiger partial charge in [0.2, 0.25) is 6.29 Å². The van der Waals surface area contributed by atoms with Gasteiger partial charge in [-0.2, -0.15) is 0 Å². The van der Waals surface area contributed by atoms with Crippen molar-refractivity contribution in [2.45, 2.75) is 151 Å². The molecule has 0 N–H and O–H groups in total. The Hall–Kier alpha value is -3.62. The zero-order chi connectivity index (χ0) is 42.9. The van der Waals surface area contributed by atoms with Gasteiger partial charge in [-0.25, -0.2) is 0 Å². The first-order valence-electron chi connectivity index (χ1n) is 20.7. The van der Waals surface area contributed by atoms with Crippen LogP contribution in [0.3, 0.4) is 0 Å². The topological polar surface area (TPSA) is 151 Å². The summed E-state index contributed by atoms with van der Waals surface area (Å²) < 4.78 is 52.9. The summed E-state index contributed by atoms with van der Waals surface area (Å²) in [6, 6.07) is 15.2. The molecule has 2 aromatic rings. The summed E-state index contributed by atoms with van der Waals surface area (Å²) in [5.74, 6) is -2.11. The monoisotopic (exact) mass is 814 g/mol. The number of carbonyl (C=O) groups excluding carboxylic acids is 4. The number of hydrogen-bond donors (Lipinski definition) is 0. The number of carbonyl (C=O) groups is 4. The fraction of sp³-hybridized carbons (Fsp3) is 0.689. The Morgan fingerprint density at radius 3 is 1.64 bits per heavy atom. The van der Waals surface area contributed by atoms with Gasteiger partial charge in [0.05, 0.1) is 37.4 Å². The van der Waals surface area contributed by atoms with Gasteiger partial charge in [0.15, 0.2) is 30.9 Å². The Morgan fingerprint density at radius 1 is 0.655 bits per heavy atom. The number of fused-ring (bicyclic) bond motifs is 1. The van der Waals surface area contributed by atoms with Gasteiger partial charge in [-0.1, -0.05) is 90.9 Å². The Balaban J connectivity index is 0.000000442. The van der Waals surface area contributed by atoms with E-state index in [9.17, 15) is 19.2 Å². The van der Waals surface area contributed by atoms with Crippen LogP contribution in [0.1, 0.15) is 107 Å². The third-order valence-corrected chi connectivity index (χ3v) is 12.0. The highest BCUT2D eigenvalue weighted by molar-refractivity contribution is 5.86. The van der Waals surface area contributed by atoms with Crippen molar-refractivity contribution in [1.29, 1.82) is 0 Å². The second kappa shape index (κ2) is 21.1. The lowest BCUT2D eigenvalue weighted by atomic mass is 9.88. The van der Waals surface area contributed by atoms with Crippen molar-refractivity contribution in [1.82, 2.24) is 0 Å². The van der Waals surface area contributed by atoms with E-state index in [1.54, 1.807) is 20.8 Å². The van der Waals surface area contributed by atoms with Gasteiger partial charge in [-0.15, -0.1) is 0 Å². The van der Waals surface area contributed by atoms with Gasteiger partial charge in [0.25, 0.3) is 0 Å². The number of rotatable bonds is 12. The largest absolute Gasteiger partial charge is 0.457 e. The van der Waals surface area contributed by atoms with Gasteiger partial charge in [0, 0.05) is 38.5 Å². The van der Waals surface area contributed by atoms with Crippen LogP contribution in [0.15, 0.2) is 42.5 Å². The average Bonchev–Trinajstić information content (AvgIpc) is 3.18. The van der Waals surface area contributed by atoms with E-state index in [1.165, 1.54) is 43.5 Å². The summed E-state index contributed by atoms with van der Waals surface area (Å²) in [6.45, 7) is 22.0. The molecule has 5 rings (SSSR count). The highest BCUT2D eigenvalue weighted by Gasteiger charge is 2.50. The van der Waals surface area contributed by atoms with E-state index in [4.69, 9.17) is 42.6 Å². The molecule has 3 aliphatic heterocycles. The van der Waals surface area contributed by atoms with E-state index < -0.39 is 90.5 Å². The second-order valence-corrected chi connectivity index (χ2v) is 16.8. The molecule has 0 saturated carbocycles. The molecule has 324 valence electrons. The zero-order valence-corrected chi connectivity index (χ0v) is 36.4. The fourth-order valence-electron chi connectivity index (χ4n) is 7.23. The van der Waals surface area contributed by atoms with E-state index in [0.29, 0.717) is 18.9 Å². The lowest BCUT2D eigenvalue weighted by molar-refractivity contribution is -0.333. The molecule has 13 nitrogen and oxygen atoms in total. The summed E-state index contributed by atoms with van der Waals surface area (Å²) >= 11 is 0. The van der Waals surface area contributed by atoms with Crippen LogP contribution in [0, 0.1) is 29.1 Å². The molecular formula is C45H66O13. The summed E-state index contributed by atoms with van der Waals surface area (Å²) in [5.41, 5.74) is 0.727. The lowest BCUT2D eigenvalue weighted by Crippen LogP contribution is -2.58. The van der Waals surface area contributed by atoms with Crippen molar-refractivity contribution in [3.05, 3.63) is 48.0 Å². The second-order valence-electron chi connectivity index (χ2n) is 16.8. The molecule has 0 aliphatic carbocycles. The average molecular weight is 815 g/mol. The van der Waals surface area contributed by atoms with Gasteiger partial charge in [-0.3, -0.25) is 19.2 Å². The summed E-state index contributed by atoms with van der Waals surface area (Å²) in [5, 5.41) is 2.76. The fourth-order valence-corrected chi connectivity index (χ4v) is 7.23. The Kier molecular flexibility index (Phi) is 17.1. The lowest BCUT2D eigenvalue weighted by Gasteiger charge is -2.46. The van der Waals surface area contributed by atoms with E-state index in [0.717, 1.165) is 0 Å². The first-order chi connectivity index (χ1) is 27.4. The number of ether oxygens (including phenoxy) is 9. The molecule has 13 unspecified atom stereocenters. The van der Waals surface area contributed by atoms with Crippen molar-refractivity contribution >= 4 is 34.6 Å². The van der Waals surface area contributed by atoms with Crippen LogP contribution in [0.4, 0.5) is 0 Å². The third kappa shape index (κ3) is 12.0. The smallest absolute Gasteiger partial charge is 0.313 e. The molecular weight excluding hydrogens is 748 g/mol. The Morgan fingerprint density at radius 2 is 1.12 bits per heavy atom. The van der Waals surface area contributed by atoms with Crippen molar-refractivity contribution < 1.29 is 61.8 Å². The molecule has 3 aliphatic rings. The third-order valence-electron chi connectivity index (χ3n) is 12.0. The SMILES string of the molecule is CCC(C)(C)C(=O)OC1OCC(OC2OCC(OC3OCC(C)C(C)C3OC(C)=O)C(C)C2OC(C)=O)C(C)C1OC(C)=O.CCC(C)c1cccc2ccccc12. The molecule has 58 heavy (non-hydrogen) atoms. The van der Waals surface area contributed by atoms with Crippen LogP contribution in [0.2, 0.25) is 0 Å². The minimum atomic E-state index is -1.12. The van der Waals surface area contributed by atoms with E-state index >= 15 is 0 Å². The van der Waals surface area contributed by atoms with E-state index in [-0.39, 0.29) is 25.0 Å². The molecule has 0 amide bonds. The van der Waals surface area contributed by atoms with Crippen LogP contribution in [-0.4, -0.2) is 93.1 Å². The van der Waals surface area contributed by atoms with Crippen LogP contribution < -0.4 is 0 Å². The summed E-state index contributed by atoms with van der Waals surface area (Å²) in [4.78, 5) is 48.7. The maximum atomic E-state index is 12.8. The predicted molar refractivity (Wildman–Crippen MR) is 215 cm³/mol.